The van der Waals surface area contributed by atoms with Crippen molar-refractivity contribution in [1.82, 2.24) is 4.98 Å². The van der Waals surface area contributed by atoms with E-state index < -0.39 is 23.6 Å². The zero-order chi connectivity index (χ0) is 20.4. The highest BCUT2D eigenvalue weighted by Crippen LogP contribution is 2.44. The minimum Gasteiger partial charge on any atom is -0.378 e. The van der Waals surface area contributed by atoms with Crippen molar-refractivity contribution < 1.29 is 18.3 Å². The van der Waals surface area contributed by atoms with E-state index in [9.17, 15) is 18.3 Å². The molecule has 1 aromatic heterocycles. The third kappa shape index (κ3) is 3.95. The number of aliphatic hydroxyl groups is 1. The van der Waals surface area contributed by atoms with Crippen LogP contribution in [-0.4, -0.2) is 33.9 Å². The van der Waals surface area contributed by atoms with Gasteiger partial charge in [-0.1, -0.05) is 36.4 Å². The van der Waals surface area contributed by atoms with Crippen molar-refractivity contribution in [2.24, 2.45) is 0 Å². The van der Waals surface area contributed by atoms with Gasteiger partial charge in [-0.15, -0.1) is 0 Å². The van der Waals surface area contributed by atoms with Gasteiger partial charge in [-0.25, -0.2) is 0 Å². The lowest BCUT2D eigenvalue weighted by Gasteiger charge is -2.38. The number of nitrogens with zero attached hydrogens (tertiary/aromatic N) is 1. The Morgan fingerprint density at radius 2 is 1.75 bits per heavy atom. The third-order valence-electron chi connectivity index (χ3n) is 4.64. The SMILES string of the molecule is CSCC(O)(C(Nc1cccc2nc(C)ccc12)c1ccccc1)C(F)(F)F. The van der Waals surface area contributed by atoms with Crippen molar-refractivity contribution in [2.45, 2.75) is 24.7 Å². The Kier molecular flexibility index (Phi) is 5.86. The molecule has 28 heavy (non-hydrogen) atoms. The summed E-state index contributed by atoms with van der Waals surface area (Å²) in [6.07, 6.45) is -3.27. The van der Waals surface area contributed by atoms with Crippen LogP contribution in [-0.2, 0) is 0 Å². The normalized spacial score (nSPS) is 15.2. The highest BCUT2D eigenvalue weighted by atomic mass is 32.2. The summed E-state index contributed by atoms with van der Waals surface area (Å²) in [6, 6.07) is 15.7. The van der Waals surface area contributed by atoms with Gasteiger partial charge in [0.1, 0.15) is 0 Å². The number of alkyl halides is 3. The maximum Gasteiger partial charge on any atom is 0.420 e. The van der Waals surface area contributed by atoms with Crippen molar-refractivity contribution in [3.05, 3.63) is 71.9 Å². The van der Waals surface area contributed by atoms with Gasteiger partial charge < -0.3 is 10.4 Å². The number of thioether (sulfide) groups is 1. The van der Waals surface area contributed by atoms with Crippen molar-refractivity contribution >= 4 is 28.4 Å². The van der Waals surface area contributed by atoms with E-state index in [1.807, 2.05) is 25.1 Å². The van der Waals surface area contributed by atoms with E-state index >= 15 is 0 Å². The fraction of sp³-hybridized carbons (Fsp3) is 0.286. The molecule has 0 radical (unpaired) electrons. The summed E-state index contributed by atoms with van der Waals surface area (Å²) in [4.78, 5) is 4.43. The average molecular weight is 406 g/mol. The number of anilines is 1. The van der Waals surface area contributed by atoms with Gasteiger partial charge in [0.25, 0.3) is 0 Å². The Labute approximate surface area is 166 Å². The van der Waals surface area contributed by atoms with E-state index in [4.69, 9.17) is 0 Å². The number of hydrogen-bond acceptors (Lipinski definition) is 4. The minimum atomic E-state index is -4.82. The van der Waals surface area contributed by atoms with Crippen LogP contribution in [0.1, 0.15) is 17.3 Å². The lowest BCUT2D eigenvalue weighted by molar-refractivity contribution is -0.256. The van der Waals surface area contributed by atoms with Gasteiger partial charge in [-0.05, 0) is 43.0 Å². The smallest absolute Gasteiger partial charge is 0.378 e. The summed E-state index contributed by atoms with van der Waals surface area (Å²) in [5.74, 6) is -0.495. The number of benzene rings is 2. The van der Waals surface area contributed by atoms with Crippen molar-refractivity contribution in [1.29, 1.82) is 0 Å². The molecule has 2 N–H and O–H groups in total. The lowest BCUT2D eigenvalue weighted by Crippen LogP contribution is -2.54. The van der Waals surface area contributed by atoms with Crippen molar-refractivity contribution in [3.63, 3.8) is 0 Å². The minimum absolute atomic E-state index is 0.355. The molecule has 0 aliphatic heterocycles. The van der Waals surface area contributed by atoms with E-state index in [1.54, 1.807) is 48.7 Å². The van der Waals surface area contributed by atoms with Gasteiger partial charge >= 0.3 is 6.18 Å². The largest absolute Gasteiger partial charge is 0.420 e. The first-order valence-corrected chi connectivity index (χ1v) is 10.1. The van der Waals surface area contributed by atoms with E-state index in [2.05, 4.69) is 10.3 Å². The lowest BCUT2D eigenvalue weighted by atomic mass is 9.88. The molecule has 0 amide bonds. The van der Waals surface area contributed by atoms with Gasteiger partial charge in [0.2, 0.25) is 0 Å². The highest BCUT2D eigenvalue weighted by molar-refractivity contribution is 7.98. The molecule has 0 saturated heterocycles. The second-order valence-corrected chi connectivity index (χ2v) is 7.53. The molecule has 0 aliphatic rings. The zero-order valence-electron chi connectivity index (χ0n) is 15.5. The summed E-state index contributed by atoms with van der Waals surface area (Å²) in [7, 11) is 0. The predicted molar refractivity (Wildman–Crippen MR) is 109 cm³/mol. The van der Waals surface area contributed by atoms with Gasteiger partial charge in [0, 0.05) is 22.5 Å². The summed E-state index contributed by atoms with van der Waals surface area (Å²) in [6.45, 7) is 1.85. The van der Waals surface area contributed by atoms with Crippen LogP contribution >= 0.6 is 11.8 Å². The van der Waals surface area contributed by atoms with Crippen LogP contribution in [0.5, 0.6) is 0 Å². The molecular formula is C21H21F3N2OS. The van der Waals surface area contributed by atoms with E-state index in [-0.39, 0.29) is 0 Å². The molecular weight excluding hydrogens is 385 g/mol. The van der Waals surface area contributed by atoms with Crippen LogP contribution in [0, 0.1) is 6.92 Å². The number of aromatic nitrogens is 1. The molecule has 148 valence electrons. The van der Waals surface area contributed by atoms with E-state index in [1.165, 1.54) is 0 Å². The zero-order valence-corrected chi connectivity index (χ0v) is 16.3. The standard InChI is InChI=1S/C21H21F3N2OS/c1-14-11-12-16-17(25-14)9-6-10-18(16)26-19(15-7-4-3-5-8-15)20(27,13-28-2)21(22,23)24/h3-12,19,26-27H,13H2,1-2H3. The van der Waals surface area contributed by atoms with Crippen molar-refractivity contribution in [3.8, 4) is 0 Å². The fourth-order valence-electron chi connectivity index (χ4n) is 3.21. The van der Waals surface area contributed by atoms with Gasteiger partial charge in [0.15, 0.2) is 5.60 Å². The molecule has 0 bridgehead atoms. The number of hydrogen-bond donors (Lipinski definition) is 2. The summed E-state index contributed by atoms with van der Waals surface area (Å²) in [5, 5.41) is 14.5. The first-order valence-electron chi connectivity index (χ1n) is 8.72. The van der Waals surface area contributed by atoms with Crippen LogP contribution in [0.4, 0.5) is 18.9 Å². The number of nitrogens with one attached hydrogen (secondary N) is 1. The monoisotopic (exact) mass is 406 g/mol. The predicted octanol–water partition coefficient (Wildman–Crippen LogP) is 5.35. The molecule has 0 spiro atoms. The number of aryl methyl sites for hydroxylation is 1. The number of halogens is 3. The van der Waals surface area contributed by atoms with Gasteiger partial charge in [0.05, 0.1) is 11.6 Å². The Morgan fingerprint density at radius 3 is 2.39 bits per heavy atom. The number of pyridine rings is 1. The molecule has 2 aromatic carbocycles. The van der Waals surface area contributed by atoms with Crippen LogP contribution in [0.3, 0.4) is 0 Å². The Hall–Kier alpha value is -2.25. The number of fused-ring (bicyclic) bond motifs is 1. The quantitative estimate of drug-likeness (QED) is 0.579. The first-order chi connectivity index (χ1) is 13.3. The van der Waals surface area contributed by atoms with Crippen molar-refractivity contribution in [2.75, 3.05) is 17.3 Å². The maximum atomic E-state index is 14.0. The third-order valence-corrected chi connectivity index (χ3v) is 5.37. The summed E-state index contributed by atoms with van der Waals surface area (Å²) >= 11 is 0.952. The molecule has 3 rings (SSSR count). The topological polar surface area (TPSA) is 45.1 Å². The molecule has 2 unspecified atom stereocenters. The van der Waals surface area contributed by atoms with Crippen LogP contribution in [0.15, 0.2) is 60.7 Å². The molecule has 0 aliphatic carbocycles. The van der Waals surface area contributed by atoms with Gasteiger partial charge in [-0.2, -0.15) is 24.9 Å². The van der Waals surface area contributed by atoms with Gasteiger partial charge in [-0.3, -0.25) is 4.98 Å². The summed E-state index contributed by atoms with van der Waals surface area (Å²) in [5.41, 5.74) is -0.611. The summed E-state index contributed by atoms with van der Waals surface area (Å²) < 4.78 is 41.9. The molecule has 2 atom stereocenters. The molecule has 0 saturated carbocycles. The Morgan fingerprint density at radius 1 is 1.04 bits per heavy atom. The average Bonchev–Trinajstić information content (AvgIpc) is 2.65. The highest BCUT2D eigenvalue weighted by Gasteiger charge is 2.58. The van der Waals surface area contributed by atoms with Crippen LogP contribution in [0.2, 0.25) is 0 Å². The maximum absolute atomic E-state index is 14.0. The Balaban J connectivity index is 2.14. The second kappa shape index (κ2) is 8.01. The van der Waals surface area contributed by atoms with Crippen LogP contribution in [0.25, 0.3) is 10.9 Å². The second-order valence-electron chi connectivity index (χ2n) is 6.67. The molecule has 3 nitrogen and oxygen atoms in total. The molecule has 0 fully saturated rings. The van der Waals surface area contributed by atoms with E-state index in [0.717, 1.165) is 17.5 Å². The molecule has 7 heteroatoms. The Bertz CT molecular complexity index is 949. The fourth-order valence-corrected chi connectivity index (χ4v) is 3.98. The first kappa shape index (κ1) is 20.5. The number of rotatable bonds is 6. The molecule has 1 heterocycles. The van der Waals surface area contributed by atoms with E-state index in [0.29, 0.717) is 22.2 Å². The molecule has 3 aromatic rings. The van der Waals surface area contributed by atoms with Crippen LogP contribution < -0.4 is 5.32 Å².